The summed E-state index contributed by atoms with van der Waals surface area (Å²) >= 11 is 3.05. The fourth-order valence-electron chi connectivity index (χ4n) is 4.08. The number of thiophene rings is 2. The van der Waals surface area contributed by atoms with Gasteiger partial charge in [0, 0.05) is 18.0 Å². The van der Waals surface area contributed by atoms with Crippen molar-refractivity contribution in [2.75, 3.05) is 26.2 Å². The molecule has 1 aliphatic rings. The summed E-state index contributed by atoms with van der Waals surface area (Å²) in [4.78, 5) is 32.0. The van der Waals surface area contributed by atoms with E-state index in [2.05, 4.69) is 13.8 Å². The highest BCUT2D eigenvalue weighted by molar-refractivity contribution is 7.12. The molecule has 4 rings (SSSR count). The lowest BCUT2D eigenvalue weighted by Gasteiger charge is -2.37. The van der Waals surface area contributed by atoms with Gasteiger partial charge >= 0.3 is 0 Å². The number of halogens is 1. The van der Waals surface area contributed by atoms with E-state index < -0.39 is 5.82 Å². The van der Waals surface area contributed by atoms with Crippen LogP contribution in [0.15, 0.2) is 53.2 Å². The monoisotopic (exact) mass is 500 g/mol. The Morgan fingerprint density at radius 2 is 1.97 bits per heavy atom. The van der Waals surface area contributed by atoms with Crippen molar-refractivity contribution in [1.82, 2.24) is 9.80 Å². The standard InChI is InChI=1S/C26H29FN2O3S2/c1-18(2)9-12-28(26(31)24-8-5-14-33-24)16-25(30)29-13-10-23-19(11-15-34-23)21(29)17-32-22-7-4-3-6-20(22)27/h3-8,11,14-15,18,21H,9-10,12-13,16-17H2,1-2H3/t21-/m1/s1. The minimum atomic E-state index is -0.428. The Balaban J connectivity index is 1.52. The van der Waals surface area contributed by atoms with E-state index >= 15 is 0 Å². The second-order valence-corrected chi connectivity index (χ2v) is 10.7. The predicted octanol–water partition coefficient (Wildman–Crippen LogP) is 5.64. The molecule has 8 heteroatoms. The maximum atomic E-state index is 14.1. The van der Waals surface area contributed by atoms with Crippen LogP contribution in [0, 0.1) is 11.7 Å². The van der Waals surface area contributed by atoms with Crippen molar-refractivity contribution in [2.24, 2.45) is 5.92 Å². The molecule has 0 fully saturated rings. The van der Waals surface area contributed by atoms with Crippen LogP contribution in [0.3, 0.4) is 0 Å². The summed E-state index contributed by atoms with van der Waals surface area (Å²) < 4.78 is 20.0. The molecule has 1 aliphatic heterocycles. The van der Waals surface area contributed by atoms with Gasteiger partial charge in [-0.2, -0.15) is 0 Å². The van der Waals surface area contributed by atoms with Gasteiger partial charge < -0.3 is 14.5 Å². The zero-order valence-electron chi connectivity index (χ0n) is 19.4. The second-order valence-electron chi connectivity index (χ2n) is 8.78. The van der Waals surface area contributed by atoms with Gasteiger partial charge in [-0.25, -0.2) is 4.39 Å². The largest absolute Gasteiger partial charge is 0.488 e. The molecular formula is C26H29FN2O3S2. The van der Waals surface area contributed by atoms with Crippen molar-refractivity contribution < 1.29 is 18.7 Å². The second kappa shape index (κ2) is 11.1. The molecule has 2 aromatic heterocycles. The van der Waals surface area contributed by atoms with E-state index in [1.165, 1.54) is 22.3 Å². The minimum Gasteiger partial charge on any atom is -0.488 e. The third-order valence-electron chi connectivity index (χ3n) is 5.97. The van der Waals surface area contributed by atoms with Crippen LogP contribution in [-0.2, 0) is 11.2 Å². The highest BCUT2D eigenvalue weighted by Gasteiger charge is 2.34. The molecule has 0 saturated heterocycles. The van der Waals surface area contributed by atoms with E-state index in [0.29, 0.717) is 23.9 Å². The van der Waals surface area contributed by atoms with Gasteiger partial charge in [-0.15, -0.1) is 22.7 Å². The van der Waals surface area contributed by atoms with Crippen LogP contribution < -0.4 is 4.74 Å². The van der Waals surface area contributed by atoms with Gasteiger partial charge in [0.25, 0.3) is 5.91 Å². The van der Waals surface area contributed by atoms with Crippen molar-refractivity contribution in [2.45, 2.75) is 32.7 Å². The molecule has 1 atom stereocenters. The third-order valence-corrected chi connectivity index (χ3v) is 7.82. The fraction of sp³-hybridized carbons (Fsp3) is 0.385. The van der Waals surface area contributed by atoms with E-state index in [1.807, 2.05) is 22.9 Å². The Kier molecular flexibility index (Phi) is 8.00. The molecule has 1 aromatic carbocycles. The van der Waals surface area contributed by atoms with Gasteiger partial charge in [0.05, 0.1) is 10.9 Å². The smallest absolute Gasteiger partial charge is 0.264 e. The first kappa shape index (κ1) is 24.4. The SMILES string of the molecule is CC(C)CCN(CC(=O)N1CCc2sccc2[C@H]1COc1ccccc1F)C(=O)c1cccs1. The number of hydrogen-bond acceptors (Lipinski definition) is 5. The molecule has 2 amide bonds. The van der Waals surface area contributed by atoms with Crippen molar-refractivity contribution in [3.05, 3.63) is 74.4 Å². The van der Waals surface area contributed by atoms with Crippen LogP contribution in [0.4, 0.5) is 4.39 Å². The Labute approximate surface area is 207 Å². The molecule has 0 radical (unpaired) electrons. The Morgan fingerprint density at radius 3 is 2.71 bits per heavy atom. The Morgan fingerprint density at radius 1 is 1.15 bits per heavy atom. The number of hydrogen-bond donors (Lipinski definition) is 0. The molecule has 0 aliphatic carbocycles. The summed E-state index contributed by atoms with van der Waals surface area (Å²) in [5.41, 5.74) is 1.04. The number of nitrogens with zero attached hydrogens (tertiary/aromatic N) is 2. The molecule has 0 saturated carbocycles. The number of amides is 2. The van der Waals surface area contributed by atoms with Crippen LogP contribution in [0.2, 0.25) is 0 Å². The highest BCUT2D eigenvalue weighted by Crippen LogP contribution is 2.34. The van der Waals surface area contributed by atoms with Crippen LogP contribution in [0.5, 0.6) is 5.75 Å². The van der Waals surface area contributed by atoms with Gasteiger partial charge in [0.15, 0.2) is 11.6 Å². The van der Waals surface area contributed by atoms with Gasteiger partial charge in [-0.3, -0.25) is 9.59 Å². The van der Waals surface area contributed by atoms with Crippen LogP contribution in [0.1, 0.15) is 46.4 Å². The van der Waals surface area contributed by atoms with E-state index in [0.717, 1.165) is 18.4 Å². The van der Waals surface area contributed by atoms with Crippen molar-refractivity contribution in [3.8, 4) is 5.75 Å². The number of carbonyl (C=O) groups is 2. The molecule has 34 heavy (non-hydrogen) atoms. The Bertz CT molecular complexity index is 1110. The zero-order valence-corrected chi connectivity index (χ0v) is 21.0. The average Bonchev–Trinajstić information content (AvgIpc) is 3.52. The fourth-order valence-corrected chi connectivity index (χ4v) is 5.70. The Hall–Kier alpha value is -2.71. The number of carbonyl (C=O) groups excluding carboxylic acids is 2. The highest BCUT2D eigenvalue weighted by atomic mass is 32.1. The first-order valence-electron chi connectivity index (χ1n) is 11.5. The maximum Gasteiger partial charge on any atom is 0.264 e. The number of para-hydroxylation sites is 1. The quantitative estimate of drug-likeness (QED) is 0.382. The first-order chi connectivity index (χ1) is 16.4. The molecular weight excluding hydrogens is 471 g/mol. The molecule has 5 nitrogen and oxygen atoms in total. The van der Waals surface area contributed by atoms with Crippen LogP contribution in [-0.4, -0.2) is 47.9 Å². The molecule has 0 unspecified atom stereocenters. The number of rotatable bonds is 9. The van der Waals surface area contributed by atoms with Gasteiger partial charge in [-0.1, -0.05) is 32.0 Å². The zero-order chi connectivity index (χ0) is 24.1. The van der Waals surface area contributed by atoms with Gasteiger partial charge in [0.2, 0.25) is 5.91 Å². The average molecular weight is 501 g/mol. The summed E-state index contributed by atoms with van der Waals surface area (Å²) in [6, 6.07) is 11.6. The van der Waals surface area contributed by atoms with Crippen molar-refractivity contribution in [1.29, 1.82) is 0 Å². The van der Waals surface area contributed by atoms with E-state index in [9.17, 15) is 14.0 Å². The van der Waals surface area contributed by atoms with Crippen molar-refractivity contribution >= 4 is 34.5 Å². The molecule has 3 heterocycles. The first-order valence-corrected chi connectivity index (χ1v) is 13.3. The summed E-state index contributed by atoms with van der Waals surface area (Å²) in [5.74, 6) is -0.0742. The minimum absolute atomic E-state index is 0.0130. The van der Waals surface area contributed by atoms with Crippen molar-refractivity contribution in [3.63, 3.8) is 0 Å². The molecule has 3 aromatic rings. The third kappa shape index (κ3) is 5.67. The van der Waals surface area contributed by atoms with E-state index in [4.69, 9.17) is 4.74 Å². The van der Waals surface area contributed by atoms with Gasteiger partial charge in [0.1, 0.15) is 13.2 Å². The lowest BCUT2D eigenvalue weighted by molar-refractivity contribution is -0.135. The van der Waals surface area contributed by atoms with E-state index in [-0.39, 0.29) is 36.8 Å². The normalized spacial score (nSPS) is 15.3. The molecule has 0 bridgehead atoms. The van der Waals surface area contributed by atoms with Crippen LogP contribution >= 0.6 is 22.7 Å². The number of fused-ring (bicyclic) bond motifs is 1. The lowest BCUT2D eigenvalue weighted by atomic mass is 10.0. The molecule has 0 N–H and O–H groups in total. The molecule has 180 valence electrons. The topological polar surface area (TPSA) is 49.9 Å². The maximum absolute atomic E-state index is 14.1. The summed E-state index contributed by atoms with van der Waals surface area (Å²) in [7, 11) is 0. The summed E-state index contributed by atoms with van der Waals surface area (Å²) in [6.07, 6.45) is 1.58. The number of ether oxygens (including phenoxy) is 1. The van der Waals surface area contributed by atoms with E-state index in [1.54, 1.807) is 45.4 Å². The summed E-state index contributed by atoms with van der Waals surface area (Å²) in [6.45, 7) is 5.44. The lowest BCUT2D eigenvalue weighted by Crippen LogP contribution is -2.48. The molecule has 0 spiro atoms. The summed E-state index contributed by atoms with van der Waals surface area (Å²) in [5, 5.41) is 3.89. The van der Waals surface area contributed by atoms with Crippen LogP contribution in [0.25, 0.3) is 0 Å². The predicted molar refractivity (Wildman–Crippen MR) is 134 cm³/mol. The number of benzene rings is 1. The van der Waals surface area contributed by atoms with Gasteiger partial charge in [-0.05, 0) is 59.3 Å².